The van der Waals surface area contributed by atoms with E-state index in [0.29, 0.717) is 22.6 Å². The van der Waals surface area contributed by atoms with Crippen LogP contribution in [0, 0.1) is 0 Å². The third kappa shape index (κ3) is 9.42. The second kappa shape index (κ2) is 13.2. The SMILES string of the molecule is CCOC(=O)c1cn(C(CC)C(=O)OC(C)(C)C)c(=O)cc1-c1cc(Cl)ccc1CCNC(=O)OC(C)(C)C. The number of carbonyl (C=O) groups is 3. The summed E-state index contributed by atoms with van der Waals surface area (Å²) in [6, 6.07) is 5.47. The summed E-state index contributed by atoms with van der Waals surface area (Å²) >= 11 is 6.31. The second-order valence-electron chi connectivity index (χ2n) is 11.0. The molecule has 0 radical (unpaired) electrons. The van der Waals surface area contributed by atoms with E-state index >= 15 is 0 Å². The van der Waals surface area contributed by atoms with E-state index < -0.39 is 40.8 Å². The highest BCUT2D eigenvalue weighted by Crippen LogP contribution is 2.31. The van der Waals surface area contributed by atoms with Crippen LogP contribution in [0.3, 0.4) is 0 Å². The van der Waals surface area contributed by atoms with Crippen LogP contribution >= 0.6 is 11.6 Å². The van der Waals surface area contributed by atoms with Crippen LogP contribution in [0.4, 0.5) is 4.79 Å². The zero-order valence-corrected chi connectivity index (χ0v) is 24.7. The van der Waals surface area contributed by atoms with Gasteiger partial charge in [0.1, 0.15) is 17.2 Å². The van der Waals surface area contributed by atoms with E-state index in [-0.39, 0.29) is 25.1 Å². The van der Waals surface area contributed by atoms with Crippen molar-refractivity contribution in [3.05, 3.63) is 57.0 Å². The van der Waals surface area contributed by atoms with Gasteiger partial charge in [0, 0.05) is 29.4 Å². The van der Waals surface area contributed by atoms with Crippen LogP contribution in [0.2, 0.25) is 5.02 Å². The maximum absolute atomic E-state index is 13.3. The minimum Gasteiger partial charge on any atom is -0.462 e. The van der Waals surface area contributed by atoms with Crippen molar-refractivity contribution in [2.24, 2.45) is 0 Å². The van der Waals surface area contributed by atoms with Gasteiger partial charge in [-0.2, -0.15) is 0 Å². The van der Waals surface area contributed by atoms with Crippen LogP contribution in [0.5, 0.6) is 0 Å². The number of carbonyl (C=O) groups excluding carboxylic acids is 3. The lowest BCUT2D eigenvalue weighted by atomic mass is 9.94. The summed E-state index contributed by atoms with van der Waals surface area (Å²) < 4.78 is 17.3. The number of aromatic nitrogens is 1. The number of nitrogens with zero attached hydrogens (tertiary/aromatic N) is 1. The lowest BCUT2D eigenvalue weighted by Crippen LogP contribution is -2.35. The molecule has 1 amide bonds. The highest BCUT2D eigenvalue weighted by Gasteiger charge is 2.28. The molecule has 10 heteroatoms. The van der Waals surface area contributed by atoms with Crippen LogP contribution < -0.4 is 10.9 Å². The highest BCUT2D eigenvalue weighted by molar-refractivity contribution is 6.31. The van der Waals surface area contributed by atoms with Gasteiger partial charge in [-0.25, -0.2) is 14.4 Å². The van der Waals surface area contributed by atoms with Crippen LogP contribution in [0.15, 0.2) is 35.3 Å². The molecule has 0 aliphatic carbocycles. The molecule has 2 rings (SSSR count). The quantitative estimate of drug-likeness (QED) is 0.308. The molecule has 0 aliphatic heterocycles. The number of hydrogen-bond acceptors (Lipinski definition) is 7. The molecule has 0 spiro atoms. The van der Waals surface area contributed by atoms with Gasteiger partial charge in [0.05, 0.1) is 12.2 Å². The van der Waals surface area contributed by atoms with E-state index in [2.05, 4.69) is 5.32 Å². The van der Waals surface area contributed by atoms with Gasteiger partial charge in [-0.3, -0.25) is 4.79 Å². The van der Waals surface area contributed by atoms with Crippen molar-refractivity contribution in [3.63, 3.8) is 0 Å². The predicted molar refractivity (Wildman–Crippen MR) is 150 cm³/mol. The van der Waals surface area contributed by atoms with Gasteiger partial charge in [-0.15, -0.1) is 0 Å². The van der Waals surface area contributed by atoms with Gasteiger partial charge in [-0.1, -0.05) is 24.6 Å². The lowest BCUT2D eigenvalue weighted by molar-refractivity contribution is -0.159. The molecule has 214 valence electrons. The number of esters is 2. The molecule has 1 N–H and O–H groups in total. The van der Waals surface area contributed by atoms with Crippen molar-refractivity contribution >= 4 is 29.6 Å². The van der Waals surface area contributed by atoms with E-state index in [1.165, 1.54) is 16.8 Å². The first-order chi connectivity index (χ1) is 18.1. The van der Waals surface area contributed by atoms with Gasteiger partial charge < -0.3 is 24.1 Å². The number of alkyl carbamates (subject to hydrolysis) is 1. The molecule has 1 unspecified atom stereocenters. The number of benzene rings is 1. The first-order valence-corrected chi connectivity index (χ1v) is 13.4. The van der Waals surface area contributed by atoms with Crippen molar-refractivity contribution in [2.45, 2.75) is 85.5 Å². The largest absolute Gasteiger partial charge is 0.462 e. The fraction of sp³-hybridized carbons (Fsp3) is 0.517. The number of rotatable bonds is 9. The molecule has 39 heavy (non-hydrogen) atoms. The van der Waals surface area contributed by atoms with Gasteiger partial charge >= 0.3 is 18.0 Å². The second-order valence-corrected chi connectivity index (χ2v) is 11.4. The minimum absolute atomic E-state index is 0.0991. The molecule has 1 atom stereocenters. The molecule has 1 aromatic heterocycles. The number of pyridine rings is 1. The van der Waals surface area contributed by atoms with Crippen molar-refractivity contribution < 1.29 is 28.6 Å². The van der Waals surface area contributed by atoms with Gasteiger partial charge in [0.25, 0.3) is 5.56 Å². The molecule has 0 bridgehead atoms. The Morgan fingerprint density at radius 2 is 1.62 bits per heavy atom. The Bertz CT molecular complexity index is 1260. The van der Waals surface area contributed by atoms with Crippen molar-refractivity contribution in [3.8, 4) is 11.1 Å². The van der Waals surface area contributed by atoms with Gasteiger partial charge in [0.2, 0.25) is 0 Å². The molecule has 0 fully saturated rings. The average Bonchev–Trinajstić information content (AvgIpc) is 2.79. The Morgan fingerprint density at radius 1 is 0.974 bits per heavy atom. The fourth-order valence-electron chi connectivity index (χ4n) is 3.86. The van der Waals surface area contributed by atoms with E-state index in [4.69, 9.17) is 25.8 Å². The summed E-state index contributed by atoms with van der Waals surface area (Å²) in [5.74, 6) is -1.23. The molecule has 2 aromatic rings. The zero-order valence-electron chi connectivity index (χ0n) is 24.0. The van der Waals surface area contributed by atoms with Crippen LogP contribution in [-0.2, 0) is 25.4 Å². The molecule has 0 saturated carbocycles. The van der Waals surface area contributed by atoms with Gasteiger partial charge in [-0.05, 0) is 84.6 Å². The minimum atomic E-state index is -0.934. The standard InChI is InChI=1S/C29H39ClN2O7/c1-9-23(26(35)38-28(3,4)5)32-17-22(25(34)37-10-2)21(16-24(32)33)20-15-19(30)12-11-18(20)13-14-31-27(36)39-29(6,7)8/h11-12,15-17,23H,9-10,13-14H2,1-8H3,(H,31,36). The summed E-state index contributed by atoms with van der Waals surface area (Å²) in [6.45, 7) is 14.3. The Hall–Kier alpha value is -3.33. The van der Waals surface area contributed by atoms with E-state index in [1.807, 2.05) is 0 Å². The number of amides is 1. The Balaban J connectivity index is 2.57. The molecule has 1 heterocycles. The highest BCUT2D eigenvalue weighted by atomic mass is 35.5. The lowest BCUT2D eigenvalue weighted by Gasteiger charge is -2.25. The number of nitrogens with one attached hydrogen (secondary N) is 1. The number of ether oxygens (including phenoxy) is 3. The summed E-state index contributed by atoms with van der Waals surface area (Å²) in [4.78, 5) is 51.4. The normalized spacial score (nSPS) is 12.4. The van der Waals surface area contributed by atoms with E-state index in [9.17, 15) is 19.2 Å². The van der Waals surface area contributed by atoms with E-state index in [0.717, 1.165) is 5.56 Å². The molecular weight excluding hydrogens is 524 g/mol. The molecule has 1 aromatic carbocycles. The topological polar surface area (TPSA) is 113 Å². The molecular formula is C29H39ClN2O7. The van der Waals surface area contributed by atoms with Crippen LogP contribution in [-0.4, -0.2) is 47.0 Å². The van der Waals surface area contributed by atoms with Gasteiger partial charge in [0.15, 0.2) is 0 Å². The Morgan fingerprint density at radius 3 is 2.18 bits per heavy atom. The van der Waals surface area contributed by atoms with Crippen molar-refractivity contribution in [1.82, 2.24) is 9.88 Å². The predicted octanol–water partition coefficient (Wildman–Crippen LogP) is 5.71. The third-order valence-electron chi connectivity index (χ3n) is 5.40. The summed E-state index contributed by atoms with van der Waals surface area (Å²) in [5.41, 5.74) is -0.201. The molecule has 0 aliphatic rings. The number of halogens is 1. The van der Waals surface area contributed by atoms with Crippen molar-refractivity contribution in [1.29, 1.82) is 0 Å². The maximum Gasteiger partial charge on any atom is 0.407 e. The summed E-state index contributed by atoms with van der Waals surface area (Å²) in [6.07, 6.45) is 1.43. The molecule has 9 nitrogen and oxygen atoms in total. The first-order valence-electron chi connectivity index (χ1n) is 13.0. The number of hydrogen-bond donors (Lipinski definition) is 1. The fourth-order valence-corrected chi connectivity index (χ4v) is 4.04. The first kappa shape index (κ1) is 31.9. The Labute approximate surface area is 234 Å². The van der Waals surface area contributed by atoms with Crippen LogP contribution in [0.1, 0.15) is 83.8 Å². The summed E-state index contributed by atoms with van der Waals surface area (Å²) in [5, 5.41) is 3.11. The maximum atomic E-state index is 13.3. The zero-order chi connectivity index (χ0) is 29.5. The third-order valence-corrected chi connectivity index (χ3v) is 5.64. The average molecular weight is 563 g/mol. The van der Waals surface area contributed by atoms with Crippen LogP contribution in [0.25, 0.3) is 11.1 Å². The van der Waals surface area contributed by atoms with Crippen molar-refractivity contribution in [2.75, 3.05) is 13.2 Å². The molecule has 0 saturated heterocycles. The Kier molecular flexibility index (Phi) is 10.8. The smallest absolute Gasteiger partial charge is 0.407 e. The van der Waals surface area contributed by atoms with E-state index in [1.54, 1.807) is 73.6 Å². The monoisotopic (exact) mass is 562 g/mol. The summed E-state index contributed by atoms with van der Waals surface area (Å²) in [7, 11) is 0.